The molecular formula is C19H26N4O. The Morgan fingerprint density at radius 2 is 2.12 bits per heavy atom. The van der Waals surface area contributed by atoms with Gasteiger partial charge in [0.1, 0.15) is 5.76 Å². The lowest BCUT2D eigenvalue weighted by molar-refractivity contribution is 0.437. The number of aromatic nitrogens is 1. The van der Waals surface area contributed by atoms with Crippen molar-refractivity contribution in [3.05, 3.63) is 53.2 Å². The predicted octanol–water partition coefficient (Wildman–Crippen LogP) is 2.93. The maximum atomic E-state index is 5.62. The molecule has 0 aliphatic carbocycles. The lowest BCUT2D eigenvalue weighted by atomic mass is 9.99. The first-order valence-electron chi connectivity index (χ1n) is 8.58. The van der Waals surface area contributed by atoms with Gasteiger partial charge in [0.15, 0.2) is 5.96 Å². The van der Waals surface area contributed by atoms with E-state index in [4.69, 9.17) is 4.42 Å². The van der Waals surface area contributed by atoms with Crippen LogP contribution < -0.4 is 5.32 Å². The number of hydrogen-bond acceptors (Lipinski definition) is 3. The van der Waals surface area contributed by atoms with Crippen molar-refractivity contribution in [3.63, 3.8) is 0 Å². The Kier molecular flexibility index (Phi) is 5.18. The lowest BCUT2D eigenvalue weighted by Gasteiger charge is -2.21. The summed E-state index contributed by atoms with van der Waals surface area (Å²) in [5, 5.41) is 3.37. The number of likely N-dealkylation sites (tertiary alicyclic amines) is 1. The molecule has 1 aliphatic heterocycles. The fourth-order valence-corrected chi connectivity index (χ4v) is 3.24. The number of nitrogens with zero attached hydrogens (tertiary/aromatic N) is 3. The van der Waals surface area contributed by atoms with Gasteiger partial charge < -0.3 is 14.6 Å². The van der Waals surface area contributed by atoms with E-state index < -0.39 is 0 Å². The number of guanidine groups is 1. The van der Waals surface area contributed by atoms with Crippen molar-refractivity contribution >= 4 is 5.96 Å². The molecule has 3 rings (SSSR count). The van der Waals surface area contributed by atoms with E-state index in [9.17, 15) is 0 Å². The standard InChI is InChI=1S/C19H26N4O/c1-14-15(2)24-18(22-14)12-21-19(20-3)23-10-9-17(13-23)11-16-7-5-4-6-8-16/h4-8,17H,9-13H2,1-3H3,(H,20,21). The summed E-state index contributed by atoms with van der Waals surface area (Å²) in [6, 6.07) is 10.7. The first kappa shape index (κ1) is 16.6. The van der Waals surface area contributed by atoms with E-state index in [1.807, 2.05) is 20.9 Å². The normalized spacial score (nSPS) is 18.2. The topological polar surface area (TPSA) is 53.7 Å². The molecule has 2 heterocycles. The van der Waals surface area contributed by atoms with Crippen LogP contribution in [-0.2, 0) is 13.0 Å². The van der Waals surface area contributed by atoms with Crippen LogP contribution in [0.4, 0.5) is 0 Å². The molecule has 1 unspecified atom stereocenters. The van der Waals surface area contributed by atoms with Gasteiger partial charge in [-0.1, -0.05) is 30.3 Å². The summed E-state index contributed by atoms with van der Waals surface area (Å²) < 4.78 is 5.62. The third kappa shape index (κ3) is 3.96. The lowest BCUT2D eigenvalue weighted by Crippen LogP contribution is -2.39. The van der Waals surface area contributed by atoms with Gasteiger partial charge in [0.25, 0.3) is 0 Å². The van der Waals surface area contributed by atoms with Gasteiger partial charge >= 0.3 is 0 Å². The van der Waals surface area contributed by atoms with Crippen LogP contribution in [0.15, 0.2) is 39.7 Å². The summed E-state index contributed by atoms with van der Waals surface area (Å²) in [5.74, 6) is 3.20. The minimum absolute atomic E-state index is 0.571. The summed E-state index contributed by atoms with van der Waals surface area (Å²) in [5.41, 5.74) is 2.36. The highest BCUT2D eigenvalue weighted by Gasteiger charge is 2.25. The number of benzene rings is 1. The molecule has 0 bridgehead atoms. The maximum Gasteiger partial charge on any atom is 0.214 e. The average molecular weight is 326 g/mol. The van der Waals surface area contributed by atoms with Crippen molar-refractivity contribution < 1.29 is 4.42 Å². The fourth-order valence-electron chi connectivity index (χ4n) is 3.24. The van der Waals surface area contributed by atoms with Crippen molar-refractivity contribution in [1.82, 2.24) is 15.2 Å². The number of aliphatic imine (C=N–C) groups is 1. The van der Waals surface area contributed by atoms with Crippen LogP contribution in [0.25, 0.3) is 0 Å². The van der Waals surface area contributed by atoms with Gasteiger partial charge in [0, 0.05) is 20.1 Å². The molecule has 128 valence electrons. The van der Waals surface area contributed by atoms with Gasteiger partial charge in [-0.2, -0.15) is 0 Å². The molecule has 0 spiro atoms. The Hall–Kier alpha value is -2.30. The van der Waals surface area contributed by atoms with E-state index in [1.54, 1.807) is 0 Å². The highest BCUT2D eigenvalue weighted by molar-refractivity contribution is 5.80. The molecule has 1 N–H and O–H groups in total. The van der Waals surface area contributed by atoms with Gasteiger partial charge in [-0.05, 0) is 38.2 Å². The zero-order valence-electron chi connectivity index (χ0n) is 14.7. The van der Waals surface area contributed by atoms with Gasteiger partial charge in [0.2, 0.25) is 5.89 Å². The number of hydrogen-bond donors (Lipinski definition) is 1. The molecule has 1 aromatic carbocycles. The molecule has 0 amide bonds. The van der Waals surface area contributed by atoms with Crippen LogP contribution in [-0.4, -0.2) is 36.0 Å². The smallest absolute Gasteiger partial charge is 0.214 e. The van der Waals surface area contributed by atoms with Crippen molar-refractivity contribution in [2.75, 3.05) is 20.1 Å². The second-order valence-electron chi connectivity index (χ2n) is 6.44. The predicted molar refractivity (Wildman–Crippen MR) is 96.0 cm³/mol. The third-order valence-corrected chi connectivity index (χ3v) is 4.63. The Morgan fingerprint density at radius 3 is 2.79 bits per heavy atom. The number of rotatable bonds is 4. The maximum absolute atomic E-state index is 5.62. The second kappa shape index (κ2) is 7.51. The molecule has 1 fully saturated rings. The molecule has 5 heteroatoms. The molecule has 1 aromatic heterocycles. The third-order valence-electron chi connectivity index (χ3n) is 4.63. The molecule has 24 heavy (non-hydrogen) atoms. The van der Waals surface area contributed by atoms with E-state index in [-0.39, 0.29) is 0 Å². The molecule has 2 aromatic rings. The highest BCUT2D eigenvalue weighted by Crippen LogP contribution is 2.21. The zero-order valence-corrected chi connectivity index (χ0v) is 14.7. The Morgan fingerprint density at radius 1 is 1.33 bits per heavy atom. The molecule has 5 nitrogen and oxygen atoms in total. The highest BCUT2D eigenvalue weighted by atomic mass is 16.4. The summed E-state index contributed by atoms with van der Waals surface area (Å²) in [4.78, 5) is 11.2. The largest absolute Gasteiger partial charge is 0.444 e. The fraction of sp³-hybridized carbons (Fsp3) is 0.474. The van der Waals surface area contributed by atoms with Crippen molar-refractivity contribution in [3.8, 4) is 0 Å². The first-order chi connectivity index (χ1) is 11.7. The van der Waals surface area contributed by atoms with Crippen LogP contribution in [0.1, 0.15) is 29.3 Å². The molecule has 1 atom stereocenters. The van der Waals surface area contributed by atoms with Crippen LogP contribution in [0, 0.1) is 19.8 Å². The van der Waals surface area contributed by atoms with E-state index >= 15 is 0 Å². The molecular weight excluding hydrogens is 300 g/mol. The summed E-state index contributed by atoms with van der Waals surface area (Å²) >= 11 is 0. The van der Waals surface area contributed by atoms with Crippen LogP contribution >= 0.6 is 0 Å². The zero-order chi connectivity index (χ0) is 16.9. The van der Waals surface area contributed by atoms with Crippen molar-refractivity contribution in [2.45, 2.75) is 33.2 Å². The molecule has 0 radical (unpaired) electrons. The van der Waals surface area contributed by atoms with E-state index in [2.05, 4.69) is 50.5 Å². The molecule has 1 saturated heterocycles. The average Bonchev–Trinajstić information content (AvgIpc) is 3.16. The SMILES string of the molecule is CN=C(NCc1nc(C)c(C)o1)N1CCC(Cc2ccccc2)C1. The van der Waals surface area contributed by atoms with E-state index in [1.165, 1.54) is 12.0 Å². The first-order valence-corrected chi connectivity index (χ1v) is 8.58. The van der Waals surface area contributed by atoms with Crippen LogP contribution in [0.3, 0.4) is 0 Å². The number of aryl methyl sites for hydroxylation is 2. The van der Waals surface area contributed by atoms with Gasteiger partial charge in [-0.15, -0.1) is 0 Å². The molecule has 0 saturated carbocycles. The van der Waals surface area contributed by atoms with E-state index in [0.717, 1.165) is 36.9 Å². The van der Waals surface area contributed by atoms with Crippen LogP contribution in [0.2, 0.25) is 0 Å². The van der Waals surface area contributed by atoms with Gasteiger partial charge in [-0.25, -0.2) is 4.98 Å². The van der Waals surface area contributed by atoms with Crippen molar-refractivity contribution in [1.29, 1.82) is 0 Å². The molecule has 1 aliphatic rings. The minimum Gasteiger partial charge on any atom is -0.444 e. The summed E-state index contributed by atoms with van der Waals surface area (Å²) in [6.45, 7) is 6.56. The minimum atomic E-state index is 0.571. The Balaban J connectivity index is 1.53. The van der Waals surface area contributed by atoms with Gasteiger partial charge in [-0.3, -0.25) is 4.99 Å². The number of oxazole rings is 1. The summed E-state index contributed by atoms with van der Waals surface area (Å²) in [6.07, 6.45) is 2.33. The number of nitrogens with one attached hydrogen (secondary N) is 1. The van der Waals surface area contributed by atoms with E-state index in [0.29, 0.717) is 18.4 Å². The van der Waals surface area contributed by atoms with Gasteiger partial charge in [0.05, 0.1) is 12.2 Å². The quantitative estimate of drug-likeness (QED) is 0.693. The van der Waals surface area contributed by atoms with Crippen molar-refractivity contribution in [2.24, 2.45) is 10.9 Å². The Labute approximate surface area is 143 Å². The Bertz CT molecular complexity index is 673. The monoisotopic (exact) mass is 326 g/mol. The summed E-state index contributed by atoms with van der Waals surface area (Å²) in [7, 11) is 1.83. The van der Waals surface area contributed by atoms with Crippen LogP contribution in [0.5, 0.6) is 0 Å². The second-order valence-corrected chi connectivity index (χ2v) is 6.44.